The van der Waals surface area contributed by atoms with Gasteiger partial charge in [0.25, 0.3) is 0 Å². The Labute approximate surface area is 153 Å². The molecule has 0 aliphatic rings. The van der Waals surface area contributed by atoms with Crippen molar-refractivity contribution in [3.8, 4) is 5.82 Å². The number of anilines is 1. The summed E-state index contributed by atoms with van der Waals surface area (Å²) in [7, 11) is 0. The first-order valence-corrected chi connectivity index (χ1v) is 7.98. The first-order valence-electron chi connectivity index (χ1n) is 7.61. The normalized spacial score (nSPS) is 11.4. The first kappa shape index (κ1) is 17.6. The molecule has 0 unspecified atom stereocenters. The fraction of sp³-hybridized carbons (Fsp3) is 0.188. The molecule has 1 N–H and O–H groups in total. The summed E-state index contributed by atoms with van der Waals surface area (Å²) in [5, 5.41) is 15.0. The van der Waals surface area contributed by atoms with Crippen LogP contribution in [0.1, 0.15) is 18.5 Å². The van der Waals surface area contributed by atoms with Crippen molar-refractivity contribution in [2.75, 3.05) is 5.32 Å². The Hall–Kier alpha value is -3.20. The zero-order chi connectivity index (χ0) is 18.5. The van der Waals surface area contributed by atoms with Gasteiger partial charge in [0.2, 0.25) is 0 Å². The smallest absolute Gasteiger partial charge is 0.359 e. The van der Waals surface area contributed by atoms with Crippen molar-refractivity contribution in [3.05, 3.63) is 53.3 Å². The molecule has 134 valence electrons. The maximum atomic E-state index is 11.7. The summed E-state index contributed by atoms with van der Waals surface area (Å²) >= 11 is 5.78. The summed E-state index contributed by atoms with van der Waals surface area (Å²) in [6, 6.07) is 8.36. The average molecular weight is 375 g/mol. The third kappa shape index (κ3) is 4.67. The fourth-order valence-corrected chi connectivity index (χ4v) is 2.13. The molecule has 2 heterocycles. The highest BCUT2D eigenvalue weighted by atomic mass is 35.5. The van der Waals surface area contributed by atoms with Gasteiger partial charge in [-0.1, -0.05) is 21.9 Å². The number of aryl methyl sites for hydroxylation is 1. The molecule has 0 saturated heterocycles. The van der Waals surface area contributed by atoms with Crippen molar-refractivity contribution in [3.63, 3.8) is 0 Å². The van der Waals surface area contributed by atoms with Crippen LogP contribution in [0.3, 0.4) is 0 Å². The van der Waals surface area contributed by atoms with E-state index in [0.29, 0.717) is 40.2 Å². The van der Waals surface area contributed by atoms with Crippen molar-refractivity contribution >= 4 is 29.1 Å². The van der Waals surface area contributed by atoms with Crippen molar-refractivity contribution in [1.82, 2.24) is 19.9 Å². The van der Waals surface area contributed by atoms with E-state index in [0.717, 1.165) is 0 Å². The van der Waals surface area contributed by atoms with Crippen molar-refractivity contribution in [1.29, 1.82) is 0 Å². The molecule has 0 atom stereocenters. The van der Waals surface area contributed by atoms with Crippen LogP contribution in [0.5, 0.6) is 0 Å². The van der Waals surface area contributed by atoms with Crippen LogP contribution >= 0.6 is 11.6 Å². The Bertz CT molecular complexity index is 932. The summed E-state index contributed by atoms with van der Waals surface area (Å²) in [6.45, 7) is 3.49. The van der Waals surface area contributed by atoms with E-state index in [1.165, 1.54) is 11.0 Å². The highest BCUT2D eigenvalue weighted by Crippen LogP contribution is 2.13. The van der Waals surface area contributed by atoms with Gasteiger partial charge in [-0.2, -0.15) is 4.68 Å². The predicted octanol–water partition coefficient (Wildman–Crippen LogP) is 3.38. The molecule has 0 aliphatic heterocycles. The zero-order valence-electron chi connectivity index (χ0n) is 14.0. The number of nitrogens with one attached hydrogen (secondary N) is 1. The molecule has 0 saturated carbocycles. The van der Waals surface area contributed by atoms with E-state index in [1.807, 2.05) is 0 Å². The molecular formula is C16H15ClN6O3. The lowest BCUT2D eigenvalue weighted by atomic mass is 10.3. The summed E-state index contributed by atoms with van der Waals surface area (Å²) in [5.41, 5.74) is 1.08. The van der Waals surface area contributed by atoms with Gasteiger partial charge in [-0.05, 0) is 38.1 Å². The molecule has 1 aromatic carbocycles. The summed E-state index contributed by atoms with van der Waals surface area (Å²) in [5.74, 6) is 1.72. The summed E-state index contributed by atoms with van der Waals surface area (Å²) in [6.07, 6.45) is 1.13. The van der Waals surface area contributed by atoms with E-state index < -0.39 is 6.09 Å². The van der Waals surface area contributed by atoms with Gasteiger partial charge in [-0.15, -0.1) is 5.10 Å². The van der Waals surface area contributed by atoms with Crippen LogP contribution in [0.4, 0.5) is 10.5 Å². The van der Waals surface area contributed by atoms with Gasteiger partial charge in [0, 0.05) is 16.8 Å². The highest BCUT2D eigenvalue weighted by Gasteiger charge is 2.09. The number of hydrogen-bond acceptors (Lipinski definition) is 7. The molecule has 10 heteroatoms. The van der Waals surface area contributed by atoms with Gasteiger partial charge in [0.15, 0.2) is 11.6 Å². The first-order chi connectivity index (χ1) is 12.5. The van der Waals surface area contributed by atoms with Gasteiger partial charge in [0.1, 0.15) is 12.1 Å². The Morgan fingerprint density at radius 2 is 2.15 bits per heavy atom. The molecule has 0 fully saturated rings. The maximum absolute atomic E-state index is 11.7. The summed E-state index contributed by atoms with van der Waals surface area (Å²) < 4.78 is 6.49. The molecule has 0 spiro atoms. The number of oxime groups is 1. The Balaban J connectivity index is 1.54. The van der Waals surface area contributed by atoms with Crippen LogP contribution in [-0.2, 0) is 11.3 Å². The lowest BCUT2D eigenvalue weighted by molar-refractivity contribution is 0.166. The van der Waals surface area contributed by atoms with Gasteiger partial charge in [-0.3, -0.25) is 10.2 Å². The monoisotopic (exact) mass is 374 g/mol. The summed E-state index contributed by atoms with van der Waals surface area (Å²) in [4.78, 5) is 20.7. The molecule has 0 aliphatic carbocycles. The second kappa shape index (κ2) is 7.79. The lowest BCUT2D eigenvalue weighted by Gasteiger charge is -2.03. The minimum Gasteiger partial charge on any atom is -0.359 e. The highest BCUT2D eigenvalue weighted by molar-refractivity contribution is 6.30. The van der Waals surface area contributed by atoms with Crippen LogP contribution in [0.15, 0.2) is 46.3 Å². The number of nitrogens with zero attached hydrogens (tertiary/aromatic N) is 5. The molecule has 0 radical (unpaired) electrons. The van der Waals surface area contributed by atoms with Gasteiger partial charge >= 0.3 is 6.09 Å². The quantitative estimate of drug-likeness (QED) is 0.416. The van der Waals surface area contributed by atoms with Crippen molar-refractivity contribution in [2.45, 2.75) is 20.3 Å². The average Bonchev–Trinajstić information content (AvgIpc) is 3.24. The predicted molar refractivity (Wildman–Crippen MR) is 94.5 cm³/mol. The number of rotatable bonds is 5. The van der Waals surface area contributed by atoms with Crippen molar-refractivity contribution < 1.29 is 14.2 Å². The van der Waals surface area contributed by atoms with E-state index >= 15 is 0 Å². The molecule has 3 rings (SSSR count). The Morgan fingerprint density at radius 3 is 2.85 bits per heavy atom. The second-order valence-electron chi connectivity index (χ2n) is 5.42. The minimum atomic E-state index is -0.705. The van der Waals surface area contributed by atoms with Crippen LogP contribution < -0.4 is 5.32 Å². The molecular weight excluding hydrogens is 360 g/mol. The van der Waals surface area contributed by atoms with Crippen LogP contribution in [0, 0.1) is 6.92 Å². The molecule has 0 bridgehead atoms. The largest absolute Gasteiger partial charge is 0.437 e. The minimum absolute atomic E-state index is 0.318. The molecule has 2 aromatic heterocycles. The molecule has 26 heavy (non-hydrogen) atoms. The number of carbonyl (C=O) groups is 1. The standard InChI is InChI=1S/C16H15ClN6O3/c1-10(21-26-16(24)19-13-5-3-12(17)4-6-13)7-14-18-9-23(20-14)15-8-11(2)25-22-15/h3-6,8-9H,7H2,1-2H3,(H,19,24)/b21-10+. The number of carbonyl (C=O) groups excluding carboxylic acids is 1. The fourth-order valence-electron chi connectivity index (χ4n) is 2.00. The number of benzene rings is 1. The van der Waals surface area contributed by atoms with Crippen LogP contribution in [0.25, 0.3) is 5.82 Å². The van der Waals surface area contributed by atoms with Gasteiger partial charge in [0.05, 0.1) is 12.1 Å². The van der Waals surface area contributed by atoms with Gasteiger partial charge in [-0.25, -0.2) is 9.78 Å². The lowest BCUT2D eigenvalue weighted by Crippen LogP contribution is -2.12. The third-order valence-electron chi connectivity index (χ3n) is 3.18. The second-order valence-corrected chi connectivity index (χ2v) is 5.85. The third-order valence-corrected chi connectivity index (χ3v) is 3.43. The molecule has 3 aromatic rings. The van der Waals surface area contributed by atoms with E-state index in [9.17, 15) is 4.79 Å². The molecule has 9 nitrogen and oxygen atoms in total. The van der Waals surface area contributed by atoms with E-state index in [-0.39, 0.29) is 0 Å². The van der Waals surface area contributed by atoms with Crippen molar-refractivity contribution in [2.24, 2.45) is 5.16 Å². The molecule has 1 amide bonds. The Kier molecular flexibility index (Phi) is 5.28. The van der Waals surface area contributed by atoms with Gasteiger partial charge < -0.3 is 4.52 Å². The SMILES string of the molecule is C/C(Cc1ncn(-c2cc(C)on2)n1)=N\OC(=O)Nc1ccc(Cl)cc1. The number of halogens is 1. The van der Waals surface area contributed by atoms with E-state index in [1.54, 1.807) is 44.2 Å². The topological polar surface area (TPSA) is 107 Å². The van der Waals surface area contributed by atoms with Crippen LogP contribution in [0.2, 0.25) is 5.02 Å². The zero-order valence-corrected chi connectivity index (χ0v) is 14.8. The van der Waals surface area contributed by atoms with E-state index in [2.05, 4.69) is 25.7 Å². The number of amides is 1. The maximum Gasteiger partial charge on any atom is 0.437 e. The number of hydrogen-bond donors (Lipinski definition) is 1. The number of aromatic nitrogens is 4. The Morgan fingerprint density at radius 1 is 1.38 bits per heavy atom. The van der Waals surface area contributed by atoms with Crippen LogP contribution in [-0.4, -0.2) is 31.7 Å². The van der Waals surface area contributed by atoms with E-state index in [4.69, 9.17) is 21.0 Å².